The smallest absolute Gasteiger partial charge is 0.416 e. The Morgan fingerprint density at radius 3 is 2.80 bits per heavy atom. The van der Waals surface area contributed by atoms with Crippen LogP contribution >= 0.6 is 0 Å². The summed E-state index contributed by atoms with van der Waals surface area (Å²) in [5.74, 6) is 0.657. The summed E-state index contributed by atoms with van der Waals surface area (Å²) in [7, 11) is 0. The largest absolute Gasteiger partial charge is 0.493 e. The number of fused-ring (bicyclic) bond motifs is 3. The molecule has 1 N–H and O–H groups in total. The molecule has 4 rings (SSSR count). The SMILES string of the molecule is CC(=O)NCCc1coc2cc(Cc3cccc(C(F)(F)F)c3)c3c(c12)CCCO3. The lowest BCUT2D eigenvalue weighted by Gasteiger charge is -2.22. The summed E-state index contributed by atoms with van der Waals surface area (Å²) in [5, 5.41) is 3.78. The Balaban J connectivity index is 1.71. The van der Waals surface area contributed by atoms with E-state index < -0.39 is 11.7 Å². The zero-order valence-corrected chi connectivity index (χ0v) is 16.6. The zero-order valence-electron chi connectivity index (χ0n) is 16.6. The first-order chi connectivity index (χ1) is 14.3. The topological polar surface area (TPSA) is 51.5 Å². The molecule has 30 heavy (non-hydrogen) atoms. The normalized spacial score (nSPS) is 13.7. The van der Waals surface area contributed by atoms with Gasteiger partial charge in [-0.1, -0.05) is 18.2 Å². The van der Waals surface area contributed by atoms with Gasteiger partial charge in [0.15, 0.2) is 0 Å². The lowest BCUT2D eigenvalue weighted by atomic mass is 9.92. The number of furan rings is 1. The highest BCUT2D eigenvalue weighted by atomic mass is 19.4. The number of alkyl halides is 3. The van der Waals surface area contributed by atoms with Crippen molar-refractivity contribution in [1.29, 1.82) is 0 Å². The first-order valence-corrected chi connectivity index (χ1v) is 9.91. The number of hydrogen-bond donors (Lipinski definition) is 1. The zero-order chi connectivity index (χ0) is 21.3. The third-order valence-electron chi connectivity index (χ3n) is 5.30. The van der Waals surface area contributed by atoms with E-state index >= 15 is 0 Å². The molecule has 0 fully saturated rings. The first-order valence-electron chi connectivity index (χ1n) is 9.91. The van der Waals surface area contributed by atoms with Crippen LogP contribution in [0, 0.1) is 0 Å². The molecule has 0 atom stereocenters. The number of halogens is 3. The average Bonchev–Trinajstić information content (AvgIpc) is 3.10. The maximum Gasteiger partial charge on any atom is 0.416 e. The van der Waals surface area contributed by atoms with Crippen LogP contribution in [0.3, 0.4) is 0 Å². The minimum atomic E-state index is -4.38. The Morgan fingerprint density at radius 1 is 1.20 bits per heavy atom. The summed E-state index contributed by atoms with van der Waals surface area (Å²) >= 11 is 0. The van der Waals surface area contributed by atoms with Gasteiger partial charge in [0, 0.05) is 42.0 Å². The molecule has 4 nitrogen and oxygen atoms in total. The Hall–Kier alpha value is -2.96. The third kappa shape index (κ3) is 4.15. The maximum absolute atomic E-state index is 13.1. The highest BCUT2D eigenvalue weighted by molar-refractivity contribution is 5.88. The molecule has 0 radical (unpaired) electrons. The standard InChI is InChI=1S/C23H22F3NO3/c1-14(28)27-8-7-16-13-30-20-12-17(22-19(21(16)20)6-3-9-29-22)10-15-4-2-5-18(11-15)23(24,25)26/h2,4-5,11-13H,3,6-10H2,1H3,(H,27,28). The van der Waals surface area contributed by atoms with Crippen LogP contribution in [-0.4, -0.2) is 19.1 Å². The molecule has 3 aromatic rings. The molecular formula is C23H22F3NO3. The molecule has 1 aliphatic rings. The van der Waals surface area contributed by atoms with Crippen LogP contribution < -0.4 is 10.1 Å². The van der Waals surface area contributed by atoms with E-state index in [4.69, 9.17) is 9.15 Å². The predicted octanol–water partition coefficient (Wildman–Crippen LogP) is 5.05. The van der Waals surface area contributed by atoms with Gasteiger partial charge in [-0.25, -0.2) is 0 Å². The van der Waals surface area contributed by atoms with Crippen LogP contribution in [-0.2, 0) is 30.2 Å². The fourth-order valence-corrected chi connectivity index (χ4v) is 4.00. The lowest BCUT2D eigenvalue weighted by Crippen LogP contribution is -2.22. The summed E-state index contributed by atoms with van der Waals surface area (Å²) in [6.07, 6.45) is -0.0500. The number of ether oxygens (including phenoxy) is 1. The second kappa shape index (κ2) is 8.05. The Bertz CT molecular complexity index is 1090. The van der Waals surface area contributed by atoms with Gasteiger partial charge in [-0.15, -0.1) is 0 Å². The van der Waals surface area contributed by atoms with Crippen molar-refractivity contribution in [1.82, 2.24) is 5.32 Å². The molecule has 1 amide bonds. The van der Waals surface area contributed by atoms with E-state index in [1.807, 2.05) is 6.07 Å². The molecular weight excluding hydrogens is 395 g/mol. The summed E-state index contributed by atoms with van der Waals surface area (Å²) in [5.41, 5.74) is 3.45. The van der Waals surface area contributed by atoms with Crippen molar-refractivity contribution in [2.45, 2.75) is 38.8 Å². The molecule has 1 aromatic heterocycles. The van der Waals surface area contributed by atoms with Crippen molar-refractivity contribution in [2.24, 2.45) is 0 Å². The molecule has 0 spiro atoms. The van der Waals surface area contributed by atoms with Crippen molar-refractivity contribution in [3.05, 3.63) is 64.4 Å². The van der Waals surface area contributed by atoms with Crippen LogP contribution in [0.5, 0.6) is 5.75 Å². The van der Waals surface area contributed by atoms with Crippen LogP contribution in [0.15, 0.2) is 41.0 Å². The van der Waals surface area contributed by atoms with Gasteiger partial charge >= 0.3 is 6.18 Å². The van der Waals surface area contributed by atoms with Crippen molar-refractivity contribution < 1.29 is 27.1 Å². The second-order valence-electron chi connectivity index (χ2n) is 7.54. The number of rotatable bonds is 5. The molecule has 7 heteroatoms. The molecule has 158 valence electrons. The van der Waals surface area contributed by atoms with Gasteiger partial charge < -0.3 is 14.5 Å². The average molecular weight is 417 g/mol. The van der Waals surface area contributed by atoms with Crippen LogP contribution in [0.1, 0.15) is 41.2 Å². The molecule has 0 saturated heterocycles. The number of aryl methyl sites for hydroxylation is 1. The van der Waals surface area contributed by atoms with E-state index in [0.29, 0.717) is 37.1 Å². The van der Waals surface area contributed by atoms with E-state index in [0.717, 1.165) is 46.7 Å². The predicted molar refractivity (Wildman–Crippen MR) is 107 cm³/mol. The molecule has 2 aromatic carbocycles. The lowest BCUT2D eigenvalue weighted by molar-refractivity contribution is -0.137. The minimum Gasteiger partial charge on any atom is -0.493 e. The van der Waals surface area contributed by atoms with E-state index in [-0.39, 0.29) is 5.91 Å². The fraction of sp³-hybridized carbons (Fsp3) is 0.348. The van der Waals surface area contributed by atoms with Crippen molar-refractivity contribution in [2.75, 3.05) is 13.2 Å². The van der Waals surface area contributed by atoms with E-state index in [2.05, 4.69) is 5.32 Å². The number of amides is 1. The molecule has 0 saturated carbocycles. The fourth-order valence-electron chi connectivity index (χ4n) is 4.00. The summed E-state index contributed by atoms with van der Waals surface area (Å²) < 4.78 is 51.0. The summed E-state index contributed by atoms with van der Waals surface area (Å²) in [4.78, 5) is 11.1. The van der Waals surface area contributed by atoms with Crippen LogP contribution in [0.25, 0.3) is 11.0 Å². The van der Waals surface area contributed by atoms with E-state index in [1.165, 1.54) is 19.1 Å². The number of benzene rings is 2. The van der Waals surface area contributed by atoms with Crippen molar-refractivity contribution in [3.63, 3.8) is 0 Å². The van der Waals surface area contributed by atoms with Gasteiger partial charge in [-0.2, -0.15) is 13.2 Å². The van der Waals surface area contributed by atoms with Gasteiger partial charge in [-0.3, -0.25) is 4.79 Å². The number of carbonyl (C=O) groups is 1. The summed E-state index contributed by atoms with van der Waals surface area (Å²) in [6.45, 7) is 2.56. The van der Waals surface area contributed by atoms with Crippen LogP contribution in [0.4, 0.5) is 13.2 Å². The first kappa shape index (κ1) is 20.3. The quantitative estimate of drug-likeness (QED) is 0.632. The van der Waals surface area contributed by atoms with Crippen molar-refractivity contribution in [3.8, 4) is 5.75 Å². The van der Waals surface area contributed by atoms with Gasteiger partial charge in [0.25, 0.3) is 0 Å². The van der Waals surface area contributed by atoms with Crippen molar-refractivity contribution >= 4 is 16.9 Å². The Labute approximate surface area is 172 Å². The summed E-state index contributed by atoms with van der Waals surface area (Å²) in [6, 6.07) is 7.24. The second-order valence-corrected chi connectivity index (χ2v) is 7.54. The molecule has 0 aliphatic carbocycles. The van der Waals surface area contributed by atoms with Crippen LogP contribution in [0.2, 0.25) is 0 Å². The molecule has 2 heterocycles. The maximum atomic E-state index is 13.1. The monoisotopic (exact) mass is 417 g/mol. The third-order valence-corrected chi connectivity index (χ3v) is 5.30. The molecule has 0 unspecified atom stereocenters. The van der Waals surface area contributed by atoms with Gasteiger partial charge in [0.05, 0.1) is 18.4 Å². The molecule has 1 aliphatic heterocycles. The van der Waals surface area contributed by atoms with E-state index in [9.17, 15) is 18.0 Å². The van der Waals surface area contributed by atoms with E-state index in [1.54, 1.807) is 12.3 Å². The Morgan fingerprint density at radius 2 is 2.03 bits per heavy atom. The highest BCUT2D eigenvalue weighted by Crippen LogP contribution is 2.40. The Kier molecular flexibility index (Phi) is 5.45. The minimum absolute atomic E-state index is 0.0865. The van der Waals surface area contributed by atoms with Gasteiger partial charge in [-0.05, 0) is 37.0 Å². The number of hydrogen-bond acceptors (Lipinski definition) is 3. The van der Waals surface area contributed by atoms with Gasteiger partial charge in [0.2, 0.25) is 5.91 Å². The highest BCUT2D eigenvalue weighted by Gasteiger charge is 2.30. The molecule has 0 bridgehead atoms. The number of nitrogens with one attached hydrogen (secondary N) is 1. The van der Waals surface area contributed by atoms with Gasteiger partial charge in [0.1, 0.15) is 11.3 Å². The number of carbonyl (C=O) groups excluding carboxylic acids is 1.